The summed E-state index contributed by atoms with van der Waals surface area (Å²) in [5, 5.41) is 2.43. The highest BCUT2D eigenvalue weighted by Crippen LogP contribution is 2.44. The second kappa shape index (κ2) is 6.44. The number of primary amides is 2. The van der Waals surface area contributed by atoms with Gasteiger partial charge in [-0.15, -0.1) is 0 Å². The zero-order valence-corrected chi connectivity index (χ0v) is 16.4. The molecule has 3 amide bonds. The van der Waals surface area contributed by atoms with Gasteiger partial charge in [-0.3, -0.25) is 10.1 Å². The number of nitrogens with two attached hydrogens (primary N) is 2. The third kappa shape index (κ3) is 3.56. The second-order valence-electron chi connectivity index (χ2n) is 8.71. The lowest BCUT2D eigenvalue weighted by molar-refractivity contribution is 0.100. The standard InChI is InChI=1S/C21H28N4O2/c1-20(2)8-5-9-21(3,4)15-10-12(6-7-14(15)20)16-11-13(17(22)26)18(24-16)25-19(23)27/h6-7,10-11,24H,5,8-9H2,1-4H3,(H2,22,26)(H3,23,25,27). The maximum Gasteiger partial charge on any atom is 0.317 e. The Morgan fingerprint density at radius 3 is 2.22 bits per heavy atom. The van der Waals surface area contributed by atoms with Gasteiger partial charge < -0.3 is 16.5 Å². The van der Waals surface area contributed by atoms with Gasteiger partial charge in [-0.25, -0.2) is 4.79 Å². The van der Waals surface area contributed by atoms with E-state index >= 15 is 0 Å². The molecule has 0 spiro atoms. The number of rotatable bonds is 3. The first-order valence-corrected chi connectivity index (χ1v) is 9.26. The van der Waals surface area contributed by atoms with E-state index in [4.69, 9.17) is 11.5 Å². The van der Waals surface area contributed by atoms with Crippen molar-refractivity contribution in [2.24, 2.45) is 11.5 Å². The number of aromatic nitrogens is 1. The summed E-state index contributed by atoms with van der Waals surface area (Å²) in [5.74, 6) is -0.406. The van der Waals surface area contributed by atoms with E-state index in [2.05, 4.69) is 50.1 Å². The minimum Gasteiger partial charge on any atom is -0.365 e. The monoisotopic (exact) mass is 368 g/mol. The van der Waals surface area contributed by atoms with E-state index in [0.717, 1.165) is 18.4 Å². The first-order chi connectivity index (χ1) is 12.5. The van der Waals surface area contributed by atoms with E-state index in [1.54, 1.807) is 6.07 Å². The Labute approximate surface area is 159 Å². The molecule has 0 saturated carbocycles. The molecule has 6 heteroatoms. The number of amides is 3. The van der Waals surface area contributed by atoms with Gasteiger partial charge in [0.1, 0.15) is 5.82 Å². The Bertz CT molecular complexity index is 909. The number of H-pyrrole nitrogens is 1. The first-order valence-electron chi connectivity index (χ1n) is 9.26. The number of fused-ring (bicyclic) bond motifs is 1. The predicted molar refractivity (Wildman–Crippen MR) is 108 cm³/mol. The molecule has 6 N–H and O–H groups in total. The average Bonchev–Trinajstić information content (AvgIpc) is 2.93. The number of anilines is 1. The highest BCUT2D eigenvalue weighted by Gasteiger charge is 2.34. The van der Waals surface area contributed by atoms with Crippen LogP contribution in [0, 0.1) is 0 Å². The molecule has 144 valence electrons. The zero-order chi connectivity index (χ0) is 20.0. The fraction of sp³-hybridized carbons (Fsp3) is 0.429. The topological polar surface area (TPSA) is 114 Å². The minimum atomic E-state index is -0.754. The van der Waals surface area contributed by atoms with Gasteiger partial charge in [0.2, 0.25) is 0 Å². The Hall–Kier alpha value is -2.76. The third-order valence-corrected chi connectivity index (χ3v) is 5.72. The Balaban J connectivity index is 2.13. The number of carbonyl (C=O) groups excluding carboxylic acids is 2. The van der Waals surface area contributed by atoms with E-state index in [-0.39, 0.29) is 22.2 Å². The molecular formula is C21H28N4O2. The van der Waals surface area contributed by atoms with Crippen molar-refractivity contribution in [3.8, 4) is 11.3 Å². The van der Waals surface area contributed by atoms with Crippen molar-refractivity contribution in [2.45, 2.75) is 57.8 Å². The van der Waals surface area contributed by atoms with Crippen molar-refractivity contribution in [1.29, 1.82) is 0 Å². The molecule has 0 atom stereocenters. The molecule has 3 rings (SSSR count). The molecule has 0 radical (unpaired) electrons. The predicted octanol–water partition coefficient (Wildman–Crippen LogP) is 4.01. The van der Waals surface area contributed by atoms with Crippen molar-refractivity contribution < 1.29 is 9.59 Å². The SMILES string of the molecule is CC1(C)CCCC(C)(C)c2cc(-c3cc(C(N)=O)c(NC(N)=O)[nH]3)ccc21. The van der Waals surface area contributed by atoms with E-state index in [9.17, 15) is 9.59 Å². The fourth-order valence-electron chi connectivity index (χ4n) is 4.13. The molecule has 6 nitrogen and oxygen atoms in total. The number of carbonyl (C=O) groups is 2. The van der Waals surface area contributed by atoms with E-state index in [1.807, 2.05) is 6.07 Å². The Kier molecular flexibility index (Phi) is 4.54. The second-order valence-corrected chi connectivity index (χ2v) is 8.71. The fourth-order valence-corrected chi connectivity index (χ4v) is 4.13. The van der Waals surface area contributed by atoms with Crippen LogP contribution in [-0.4, -0.2) is 16.9 Å². The summed E-state index contributed by atoms with van der Waals surface area (Å²) in [4.78, 5) is 26.0. The number of urea groups is 1. The van der Waals surface area contributed by atoms with E-state index < -0.39 is 11.9 Å². The van der Waals surface area contributed by atoms with E-state index in [0.29, 0.717) is 5.69 Å². The van der Waals surface area contributed by atoms with E-state index in [1.165, 1.54) is 17.5 Å². The summed E-state index contributed by atoms with van der Waals surface area (Å²) in [7, 11) is 0. The summed E-state index contributed by atoms with van der Waals surface area (Å²) in [6.45, 7) is 9.14. The van der Waals surface area contributed by atoms with Crippen LogP contribution in [-0.2, 0) is 10.8 Å². The lowest BCUT2D eigenvalue weighted by atomic mass is 9.74. The largest absolute Gasteiger partial charge is 0.365 e. The molecule has 0 unspecified atom stereocenters. The van der Waals surface area contributed by atoms with Gasteiger partial charge in [0.05, 0.1) is 5.56 Å². The quantitative estimate of drug-likeness (QED) is 0.613. The van der Waals surface area contributed by atoms with Crippen LogP contribution in [0.1, 0.15) is 68.4 Å². The molecular weight excluding hydrogens is 340 g/mol. The highest BCUT2D eigenvalue weighted by atomic mass is 16.2. The van der Waals surface area contributed by atoms with Crippen LogP contribution < -0.4 is 16.8 Å². The Morgan fingerprint density at radius 2 is 1.63 bits per heavy atom. The molecule has 0 fully saturated rings. The number of nitrogens with one attached hydrogen (secondary N) is 2. The number of benzene rings is 1. The lowest BCUT2D eigenvalue weighted by Gasteiger charge is -2.30. The maximum absolute atomic E-state index is 11.7. The summed E-state index contributed by atoms with van der Waals surface area (Å²) >= 11 is 0. The first kappa shape index (κ1) is 19.0. The van der Waals surface area contributed by atoms with Crippen molar-refractivity contribution in [2.75, 3.05) is 5.32 Å². The van der Waals surface area contributed by atoms with Crippen LogP contribution >= 0.6 is 0 Å². The maximum atomic E-state index is 11.7. The molecule has 1 aliphatic rings. The number of hydrogen-bond acceptors (Lipinski definition) is 2. The van der Waals surface area contributed by atoms with Crippen LogP contribution in [0.4, 0.5) is 10.6 Å². The third-order valence-electron chi connectivity index (χ3n) is 5.72. The van der Waals surface area contributed by atoms with Gasteiger partial charge in [-0.1, -0.05) is 46.2 Å². The van der Waals surface area contributed by atoms with Crippen molar-refractivity contribution in [3.63, 3.8) is 0 Å². The van der Waals surface area contributed by atoms with Gasteiger partial charge >= 0.3 is 6.03 Å². The zero-order valence-electron chi connectivity index (χ0n) is 16.4. The number of aromatic amines is 1. The molecule has 1 aromatic carbocycles. The van der Waals surface area contributed by atoms with Crippen LogP contribution in [0.2, 0.25) is 0 Å². The molecule has 27 heavy (non-hydrogen) atoms. The van der Waals surface area contributed by atoms with Crippen LogP contribution in [0.5, 0.6) is 0 Å². The Morgan fingerprint density at radius 1 is 1.00 bits per heavy atom. The summed E-state index contributed by atoms with van der Waals surface area (Å²) in [6.07, 6.45) is 3.47. The molecule has 0 bridgehead atoms. The van der Waals surface area contributed by atoms with Crippen molar-refractivity contribution in [3.05, 3.63) is 41.0 Å². The smallest absolute Gasteiger partial charge is 0.317 e. The van der Waals surface area contributed by atoms with Gasteiger partial charge in [0, 0.05) is 5.69 Å². The molecule has 1 heterocycles. The number of hydrogen-bond donors (Lipinski definition) is 4. The van der Waals surface area contributed by atoms with Crippen LogP contribution in [0.3, 0.4) is 0 Å². The minimum absolute atomic E-state index is 0.0620. The average molecular weight is 368 g/mol. The summed E-state index contributed by atoms with van der Waals surface area (Å²) in [6, 6.07) is 7.32. The molecule has 0 saturated heterocycles. The molecule has 2 aromatic rings. The van der Waals surface area contributed by atoms with Gasteiger partial charge in [-0.2, -0.15) is 0 Å². The van der Waals surface area contributed by atoms with Gasteiger partial charge in [0.15, 0.2) is 0 Å². The highest BCUT2D eigenvalue weighted by molar-refractivity contribution is 6.03. The van der Waals surface area contributed by atoms with Gasteiger partial charge in [0.25, 0.3) is 5.91 Å². The molecule has 1 aromatic heterocycles. The van der Waals surface area contributed by atoms with Crippen molar-refractivity contribution >= 4 is 17.8 Å². The summed E-state index contributed by atoms with van der Waals surface area (Å²) in [5.41, 5.74) is 15.4. The lowest BCUT2D eigenvalue weighted by Crippen LogP contribution is -2.22. The van der Waals surface area contributed by atoms with Gasteiger partial charge in [-0.05, 0) is 52.5 Å². The normalized spacial score (nSPS) is 17.6. The summed E-state index contributed by atoms with van der Waals surface area (Å²) < 4.78 is 0. The molecule has 0 aliphatic heterocycles. The van der Waals surface area contributed by atoms with Crippen LogP contribution in [0.15, 0.2) is 24.3 Å². The van der Waals surface area contributed by atoms with Crippen LogP contribution in [0.25, 0.3) is 11.3 Å². The molecule has 1 aliphatic carbocycles. The van der Waals surface area contributed by atoms with Crippen molar-refractivity contribution in [1.82, 2.24) is 4.98 Å².